The predicted molar refractivity (Wildman–Crippen MR) is 102 cm³/mol. The number of fused-ring (bicyclic) bond motifs is 1. The second kappa shape index (κ2) is 9.42. The van der Waals surface area contributed by atoms with Gasteiger partial charge in [0, 0.05) is 37.9 Å². The lowest BCUT2D eigenvalue weighted by Crippen LogP contribution is -2.27. The molecular formula is C19H18F5N5O3. The number of hydrogen-bond acceptors (Lipinski definition) is 6. The van der Waals surface area contributed by atoms with Crippen molar-refractivity contribution in [3.63, 3.8) is 0 Å². The molecule has 0 radical (unpaired) electrons. The highest BCUT2D eigenvalue weighted by Gasteiger charge is 2.38. The molecule has 1 aromatic heterocycles. The van der Waals surface area contributed by atoms with Crippen LogP contribution in [0.5, 0.6) is 0 Å². The second-order valence-corrected chi connectivity index (χ2v) is 7.26. The minimum Gasteiger partial charge on any atom is -0.475 e. The smallest absolute Gasteiger partial charge is 0.475 e. The first-order valence-electron chi connectivity index (χ1n) is 9.38. The van der Waals surface area contributed by atoms with E-state index >= 15 is 0 Å². The summed E-state index contributed by atoms with van der Waals surface area (Å²) in [4.78, 5) is 31.8. The lowest BCUT2D eigenvalue weighted by molar-refractivity contribution is -0.192. The van der Waals surface area contributed by atoms with Crippen LogP contribution in [0, 0.1) is 23.5 Å². The van der Waals surface area contributed by atoms with Crippen LogP contribution in [-0.4, -0.2) is 59.3 Å². The number of anilines is 2. The molecule has 2 aromatic rings. The van der Waals surface area contributed by atoms with Crippen molar-refractivity contribution in [3.8, 4) is 0 Å². The second-order valence-electron chi connectivity index (χ2n) is 7.26. The molecule has 13 heteroatoms. The van der Waals surface area contributed by atoms with Gasteiger partial charge in [-0.1, -0.05) is 0 Å². The van der Waals surface area contributed by atoms with Gasteiger partial charge in [0.05, 0.1) is 12.4 Å². The summed E-state index contributed by atoms with van der Waals surface area (Å²) in [6.45, 7) is 3.76. The van der Waals surface area contributed by atoms with Crippen LogP contribution in [0.3, 0.4) is 0 Å². The molecule has 2 fully saturated rings. The zero-order chi connectivity index (χ0) is 23.5. The Morgan fingerprint density at radius 2 is 1.62 bits per heavy atom. The van der Waals surface area contributed by atoms with E-state index in [-0.39, 0.29) is 11.4 Å². The number of amides is 1. The third-order valence-corrected chi connectivity index (χ3v) is 4.93. The molecule has 2 atom stereocenters. The van der Waals surface area contributed by atoms with Gasteiger partial charge in [-0.3, -0.25) is 9.78 Å². The summed E-state index contributed by atoms with van der Waals surface area (Å²) >= 11 is 0. The molecule has 3 heterocycles. The number of carbonyl (C=O) groups is 2. The molecule has 4 rings (SSSR count). The zero-order valence-electron chi connectivity index (χ0n) is 16.4. The Kier molecular flexibility index (Phi) is 6.87. The number of hydrogen-bond donors (Lipinski definition) is 3. The summed E-state index contributed by atoms with van der Waals surface area (Å²) in [7, 11) is 0. The SMILES string of the molecule is O=C(Nc1cc(F)cc(F)c1)c1cncc(N2C[C@H]3CNC[C@H]3C2)n1.O=C(O)C(F)(F)F. The van der Waals surface area contributed by atoms with Gasteiger partial charge in [0.15, 0.2) is 0 Å². The van der Waals surface area contributed by atoms with Crippen LogP contribution in [0.25, 0.3) is 0 Å². The summed E-state index contributed by atoms with van der Waals surface area (Å²) in [6.07, 6.45) is -2.11. The Balaban J connectivity index is 0.000000360. The third kappa shape index (κ3) is 5.87. The largest absolute Gasteiger partial charge is 0.490 e. The van der Waals surface area contributed by atoms with Crippen molar-refractivity contribution in [1.82, 2.24) is 15.3 Å². The van der Waals surface area contributed by atoms with Crippen LogP contribution < -0.4 is 15.5 Å². The summed E-state index contributed by atoms with van der Waals surface area (Å²) < 4.78 is 58.2. The number of rotatable bonds is 3. The van der Waals surface area contributed by atoms with E-state index in [1.807, 2.05) is 0 Å². The molecule has 32 heavy (non-hydrogen) atoms. The standard InChI is InChI=1S/C17H17F2N5O.C2HF3O2/c18-12-1-13(19)3-14(2-12)22-17(25)15-6-21-7-16(23-15)24-8-10-4-20-5-11(10)9-24;3-2(4,5)1(6)7/h1-3,6-7,10-11,20H,4-5,8-9H2,(H,22,25);(H,6,7)/t10-,11+;. The van der Waals surface area contributed by atoms with Crippen molar-refractivity contribution < 1.29 is 36.6 Å². The highest BCUT2D eigenvalue weighted by molar-refractivity contribution is 6.02. The molecule has 0 aliphatic carbocycles. The average Bonchev–Trinajstić information content (AvgIpc) is 3.29. The van der Waals surface area contributed by atoms with E-state index in [4.69, 9.17) is 9.90 Å². The molecular weight excluding hydrogens is 441 g/mol. The maximum absolute atomic E-state index is 13.2. The van der Waals surface area contributed by atoms with Crippen molar-refractivity contribution in [2.45, 2.75) is 6.18 Å². The molecule has 2 aliphatic rings. The monoisotopic (exact) mass is 459 g/mol. The minimum atomic E-state index is -5.08. The summed E-state index contributed by atoms with van der Waals surface area (Å²) in [5.74, 6) is -3.00. The van der Waals surface area contributed by atoms with Gasteiger partial charge in [-0.05, 0) is 24.0 Å². The quantitative estimate of drug-likeness (QED) is 0.605. The number of carboxylic acids is 1. The number of benzene rings is 1. The molecule has 0 unspecified atom stereocenters. The van der Waals surface area contributed by atoms with Gasteiger partial charge in [-0.25, -0.2) is 18.6 Å². The molecule has 0 spiro atoms. The highest BCUT2D eigenvalue weighted by Crippen LogP contribution is 2.29. The topological polar surface area (TPSA) is 107 Å². The number of halogens is 5. The number of carboxylic acid groups (broad SMARTS) is 1. The summed E-state index contributed by atoms with van der Waals surface area (Å²) in [6, 6.07) is 2.84. The molecule has 172 valence electrons. The third-order valence-electron chi connectivity index (χ3n) is 4.93. The first-order chi connectivity index (χ1) is 15.0. The fourth-order valence-electron chi connectivity index (χ4n) is 3.48. The molecule has 2 aliphatic heterocycles. The van der Waals surface area contributed by atoms with Crippen LogP contribution in [0.1, 0.15) is 10.5 Å². The molecule has 1 amide bonds. The molecule has 3 N–H and O–H groups in total. The normalized spacial score (nSPS) is 19.7. The van der Waals surface area contributed by atoms with E-state index in [0.717, 1.165) is 44.4 Å². The zero-order valence-corrected chi connectivity index (χ0v) is 16.4. The van der Waals surface area contributed by atoms with E-state index in [9.17, 15) is 26.7 Å². The van der Waals surface area contributed by atoms with Gasteiger partial charge in [0.2, 0.25) is 0 Å². The van der Waals surface area contributed by atoms with Gasteiger partial charge in [0.1, 0.15) is 23.1 Å². The van der Waals surface area contributed by atoms with E-state index in [0.29, 0.717) is 17.7 Å². The molecule has 0 bridgehead atoms. The van der Waals surface area contributed by atoms with Crippen molar-refractivity contribution in [1.29, 1.82) is 0 Å². The van der Waals surface area contributed by atoms with Crippen molar-refractivity contribution >= 4 is 23.4 Å². The lowest BCUT2D eigenvalue weighted by atomic mass is 10.0. The van der Waals surface area contributed by atoms with E-state index < -0.39 is 29.7 Å². The van der Waals surface area contributed by atoms with Crippen molar-refractivity contribution in [2.75, 3.05) is 36.4 Å². The van der Waals surface area contributed by atoms with Gasteiger partial charge in [-0.15, -0.1) is 0 Å². The highest BCUT2D eigenvalue weighted by atomic mass is 19.4. The predicted octanol–water partition coefficient (Wildman–Crippen LogP) is 2.30. The van der Waals surface area contributed by atoms with Crippen LogP contribution in [0.4, 0.5) is 33.5 Å². The summed E-state index contributed by atoms with van der Waals surface area (Å²) in [5, 5.41) is 12.9. The Labute approximate surface area is 178 Å². The van der Waals surface area contributed by atoms with Crippen LogP contribution in [0.2, 0.25) is 0 Å². The Morgan fingerprint density at radius 1 is 1.06 bits per heavy atom. The van der Waals surface area contributed by atoms with Crippen LogP contribution in [-0.2, 0) is 4.79 Å². The van der Waals surface area contributed by atoms with Crippen LogP contribution in [0.15, 0.2) is 30.6 Å². The molecule has 0 saturated carbocycles. The number of aromatic nitrogens is 2. The summed E-state index contributed by atoms with van der Waals surface area (Å²) in [5.41, 5.74) is 0.147. The fourth-order valence-corrected chi connectivity index (χ4v) is 3.48. The Bertz CT molecular complexity index is 971. The average molecular weight is 459 g/mol. The number of nitrogens with zero attached hydrogens (tertiary/aromatic N) is 3. The van der Waals surface area contributed by atoms with Gasteiger partial charge < -0.3 is 20.6 Å². The minimum absolute atomic E-state index is 0.0384. The number of aliphatic carboxylic acids is 1. The maximum atomic E-state index is 13.2. The Hall–Kier alpha value is -3.35. The van der Waals surface area contributed by atoms with E-state index in [2.05, 4.69) is 25.5 Å². The van der Waals surface area contributed by atoms with Crippen molar-refractivity contribution in [3.05, 3.63) is 47.9 Å². The lowest BCUT2D eigenvalue weighted by Gasteiger charge is -2.18. The molecule has 2 saturated heterocycles. The fraction of sp³-hybridized carbons (Fsp3) is 0.368. The van der Waals surface area contributed by atoms with Crippen molar-refractivity contribution in [2.24, 2.45) is 11.8 Å². The first-order valence-corrected chi connectivity index (χ1v) is 9.38. The molecule has 1 aromatic carbocycles. The van der Waals surface area contributed by atoms with Gasteiger partial charge >= 0.3 is 12.1 Å². The van der Waals surface area contributed by atoms with E-state index in [1.54, 1.807) is 6.20 Å². The molecule has 8 nitrogen and oxygen atoms in total. The van der Waals surface area contributed by atoms with E-state index in [1.165, 1.54) is 6.20 Å². The number of carbonyl (C=O) groups excluding carboxylic acids is 1. The number of alkyl halides is 3. The van der Waals surface area contributed by atoms with Gasteiger partial charge in [-0.2, -0.15) is 13.2 Å². The maximum Gasteiger partial charge on any atom is 0.490 e. The van der Waals surface area contributed by atoms with Crippen LogP contribution >= 0.6 is 0 Å². The Morgan fingerprint density at radius 3 is 2.16 bits per heavy atom. The number of nitrogens with one attached hydrogen (secondary N) is 2. The van der Waals surface area contributed by atoms with Gasteiger partial charge in [0.25, 0.3) is 5.91 Å². The first kappa shape index (κ1) is 23.3.